The molecule has 2 aromatic heterocycles. The number of rotatable bonds is 2. The Hall–Kier alpha value is -2.19. The van der Waals surface area contributed by atoms with Crippen LogP contribution in [0.5, 0.6) is 11.5 Å². The van der Waals surface area contributed by atoms with Crippen LogP contribution >= 0.6 is 27.3 Å². The lowest BCUT2D eigenvalue weighted by atomic mass is 9.97. The molecule has 5 rings (SSSR count). The number of hydrogen-bond acceptors (Lipinski definition) is 6. The molecular formula is C19H16BrN3O3S. The first kappa shape index (κ1) is 16.9. The molecular weight excluding hydrogens is 430 g/mol. The van der Waals surface area contributed by atoms with E-state index in [1.165, 1.54) is 21.5 Å². The molecule has 0 saturated carbocycles. The van der Waals surface area contributed by atoms with Gasteiger partial charge in [-0.25, -0.2) is 4.98 Å². The van der Waals surface area contributed by atoms with Crippen LogP contribution in [0.25, 0.3) is 10.2 Å². The van der Waals surface area contributed by atoms with Crippen molar-refractivity contribution in [3.8, 4) is 11.5 Å². The third kappa shape index (κ3) is 2.78. The van der Waals surface area contributed by atoms with Crippen molar-refractivity contribution in [1.29, 1.82) is 0 Å². The van der Waals surface area contributed by atoms with Crippen molar-refractivity contribution in [3.05, 3.63) is 48.8 Å². The number of benzene rings is 1. The van der Waals surface area contributed by atoms with E-state index in [1.54, 1.807) is 17.6 Å². The summed E-state index contributed by atoms with van der Waals surface area (Å²) in [5, 5.41) is 5.17. The quantitative estimate of drug-likeness (QED) is 0.558. The van der Waals surface area contributed by atoms with Crippen LogP contribution in [-0.2, 0) is 12.8 Å². The van der Waals surface area contributed by atoms with E-state index < -0.39 is 0 Å². The van der Waals surface area contributed by atoms with Gasteiger partial charge in [-0.2, -0.15) is 9.78 Å². The summed E-state index contributed by atoms with van der Waals surface area (Å²) in [7, 11) is 0. The molecule has 8 heteroatoms. The van der Waals surface area contributed by atoms with Gasteiger partial charge in [0, 0.05) is 14.9 Å². The van der Waals surface area contributed by atoms with E-state index in [1.807, 2.05) is 19.1 Å². The summed E-state index contributed by atoms with van der Waals surface area (Å²) in [6.07, 6.45) is 5.95. The summed E-state index contributed by atoms with van der Waals surface area (Å²) < 4.78 is 13.0. The Balaban J connectivity index is 1.61. The van der Waals surface area contributed by atoms with E-state index in [-0.39, 0.29) is 12.4 Å². The minimum absolute atomic E-state index is 0.0926. The Morgan fingerprint density at radius 1 is 1.26 bits per heavy atom. The van der Waals surface area contributed by atoms with Gasteiger partial charge >= 0.3 is 0 Å². The van der Waals surface area contributed by atoms with Crippen molar-refractivity contribution in [2.24, 2.45) is 5.10 Å². The van der Waals surface area contributed by atoms with Crippen molar-refractivity contribution >= 4 is 43.7 Å². The fourth-order valence-corrected chi connectivity index (χ4v) is 5.31. The third-order valence-electron chi connectivity index (χ3n) is 4.93. The van der Waals surface area contributed by atoms with Crippen molar-refractivity contribution in [2.75, 3.05) is 6.79 Å². The van der Waals surface area contributed by atoms with Gasteiger partial charge in [0.05, 0.1) is 11.6 Å². The van der Waals surface area contributed by atoms with Gasteiger partial charge < -0.3 is 9.47 Å². The van der Waals surface area contributed by atoms with Crippen molar-refractivity contribution in [1.82, 2.24) is 9.66 Å². The lowest BCUT2D eigenvalue weighted by Gasteiger charge is -2.10. The van der Waals surface area contributed by atoms with Crippen LogP contribution in [0, 0.1) is 6.92 Å². The number of thiophene rings is 1. The first-order chi connectivity index (χ1) is 13.1. The molecule has 0 unspecified atom stereocenters. The minimum atomic E-state index is -0.0926. The maximum Gasteiger partial charge on any atom is 0.283 e. The molecule has 0 amide bonds. The zero-order valence-corrected chi connectivity index (χ0v) is 17.0. The number of halogens is 1. The van der Waals surface area contributed by atoms with Gasteiger partial charge in [0.1, 0.15) is 10.7 Å². The summed E-state index contributed by atoms with van der Waals surface area (Å²) in [5.74, 6) is 1.95. The largest absolute Gasteiger partial charge is 0.454 e. The SMILES string of the molecule is Cc1nc2sc3c(c2c(=O)n1/N=C/c1cc2c(cc1Br)OCO2)CCCC3. The Morgan fingerprint density at radius 3 is 2.89 bits per heavy atom. The average Bonchev–Trinajstić information content (AvgIpc) is 3.24. The fourth-order valence-electron chi connectivity index (χ4n) is 3.59. The van der Waals surface area contributed by atoms with E-state index in [0.29, 0.717) is 17.3 Å². The van der Waals surface area contributed by atoms with Crippen LogP contribution in [0.3, 0.4) is 0 Å². The van der Waals surface area contributed by atoms with E-state index in [4.69, 9.17) is 9.47 Å². The summed E-state index contributed by atoms with van der Waals surface area (Å²) >= 11 is 5.17. The fraction of sp³-hybridized carbons (Fsp3) is 0.316. The second-order valence-electron chi connectivity index (χ2n) is 6.64. The van der Waals surface area contributed by atoms with Crippen LogP contribution in [0.4, 0.5) is 0 Å². The van der Waals surface area contributed by atoms with E-state index in [0.717, 1.165) is 39.5 Å². The molecule has 6 nitrogen and oxygen atoms in total. The molecule has 2 aliphatic rings. The lowest BCUT2D eigenvalue weighted by Crippen LogP contribution is -2.21. The Bertz CT molecular complexity index is 1170. The third-order valence-corrected chi connectivity index (χ3v) is 6.81. The molecule has 0 spiro atoms. The molecule has 0 atom stereocenters. The smallest absolute Gasteiger partial charge is 0.283 e. The van der Waals surface area contributed by atoms with Crippen molar-refractivity contribution in [2.45, 2.75) is 32.6 Å². The highest BCUT2D eigenvalue weighted by Gasteiger charge is 2.21. The normalized spacial score (nSPS) is 15.6. The van der Waals surface area contributed by atoms with Gasteiger partial charge in [-0.05, 0) is 66.2 Å². The van der Waals surface area contributed by atoms with Gasteiger partial charge in [0.25, 0.3) is 5.56 Å². The van der Waals surface area contributed by atoms with Gasteiger partial charge in [-0.15, -0.1) is 11.3 Å². The number of ether oxygens (including phenoxy) is 2. The molecule has 0 fully saturated rings. The molecule has 0 radical (unpaired) electrons. The van der Waals surface area contributed by atoms with Crippen LogP contribution in [0.2, 0.25) is 0 Å². The van der Waals surface area contributed by atoms with E-state index >= 15 is 0 Å². The van der Waals surface area contributed by atoms with Crippen molar-refractivity contribution in [3.63, 3.8) is 0 Å². The second-order valence-corrected chi connectivity index (χ2v) is 8.58. The molecule has 0 N–H and O–H groups in total. The monoisotopic (exact) mass is 445 g/mol. The number of fused-ring (bicyclic) bond motifs is 4. The van der Waals surface area contributed by atoms with Crippen LogP contribution in [0.15, 0.2) is 26.5 Å². The Labute approximate surface area is 167 Å². The molecule has 3 aromatic rings. The summed E-state index contributed by atoms with van der Waals surface area (Å²) in [5.41, 5.74) is 1.88. The van der Waals surface area contributed by atoms with E-state index in [2.05, 4.69) is 26.0 Å². The molecule has 1 aromatic carbocycles. The van der Waals surface area contributed by atoms with Gasteiger partial charge in [-0.3, -0.25) is 4.79 Å². The minimum Gasteiger partial charge on any atom is -0.454 e. The first-order valence-corrected chi connectivity index (χ1v) is 10.4. The zero-order chi connectivity index (χ0) is 18.5. The second kappa shape index (κ2) is 6.45. The molecule has 0 saturated heterocycles. The van der Waals surface area contributed by atoms with Gasteiger partial charge in [0.2, 0.25) is 6.79 Å². The standard InChI is InChI=1S/C19H16BrN3O3S/c1-10-22-18-17(12-4-2-3-5-16(12)27-18)19(24)23(10)21-8-11-6-14-15(7-13(11)20)26-9-25-14/h6-8H,2-5,9H2,1H3/b21-8+. The molecule has 138 valence electrons. The summed E-state index contributed by atoms with van der Waals surface area (Å²) in [6, 6.07) is 3.69. The maximum atomic E-state index is 13.1. The molecule has 1 aliphatic carbocycles. The maximum absolute atomic E-state index is 13.1. The highest BCUT2D eigenvalue weighted by molar-refractivity contribution is 9.10. The van der Waals surface area contributed by atoms with Gasteiger partial charge in [-0.1, -0.05) is 0 Å². The molecule has 0 bridgehead atoms. The molecule has 1 aliphatic heterocycles. The van der Waals surface area contributed by atoms with Gasteiger partial charge in [0.15, 0.2) is 11.5 Å². The number of aromatic nitrogens is 2. The highest BCUT2D eigenvalue weighted by atomic mass is 79.9. The highest BCUT2D eigenvalue weighted by Crippen LogP contribution is 2.36. The van der Waals surface area contributed by atoms with Crippen LogP contribution in [0.1, 0.15) is 34.7 Å². The molecule has 3 heterocycles. The van der Waals surface area contributed by atoms with Crippen LogP contribution in [-0.4, -0.2) is 22.7 Å². The predicted octanol–water partition coefficient (Wildman–Crippen LogP) is 4.02. The Morgan fingerprint density at radius 2 is 2.04 bits per heavy atom. The number of nitrogens with zero attached hydrogens (tertiary/aromatic N) is 3. The Kier molecular flexibility index (Phi) is 4.05. The number of hydrogen-bond donors (Lipinski definition) is 0. The summed E-state index contributed by atoms with van der Waals surface area (Å²) in [4.78, 5) is 19.9. The van der Waals surface area contributed by atoms with Crippen LogP contribution < -0.4 is 15.0 Å². The number of aryl methyl sites for hydroxylation is 3. The first-order valence-electron chi connectivity index (χ1n) is 8.79. The molecule has 27 heavy (non-hydrogen) atoms. The van der Waals surface area contributed by atoms with E-state index in [9.17, 15) is 4.79 Å². The predicted molar refractivity (Wildman–Crippen MR) is 109 cm³/mol. The zero-order valence-electron chi connectivity index (χ0n) is 14.6. The summed E-state index contributed by atoms with van der Waals surface area (Å²) in [6.45, 7) is 2.02. The van der Waals surface area contributed by atoms with Crippen molar-refractivity contribution < 1.29 is 9.47 Å². The lowest BCUT2D eigenvalue weighted by molar-refractivity contribution is 0.174. The topological polar surface area (TPSA) is 65.7 Å². The average molecular weight is 446 g/mol.